The van der Waals surface area contributed by atoms with Crippen molar-refractivity contribution in [2.45, 2.75) is 13.0 Å². The monoisotopic (exact) mass is 462 g/mol. The number of nitrogens with zero attached hydrogens (tertiary/aromatic N) is 1. The summed E-state index contributed by atoms with van der Waals surface area (Å²) >= 11 is 1.89. The van der Waals surface area contributed by atoms with Crippen molar-refractivity contribution in [1.82, 2.24) is 4.90 Å². The molecule has 0 saturated carbocycles. The summed E-state index contributed by atoms with van der Waals surface area (Å²) in [4.78, 5) is 15.2. The second-order valence-corrected chi connectivity index (χ2v) is 9.33. The van der Waals surface area contributed by atoms with Crippen LogP contribution in [0.25, 0.3) is 11.1 Å². The van der Waals surface area contributed by atoms with E-state index in [1.807, 2.05) is 66.1 Å². The van der Waals surface area contributed by atoms with Crippen LogP contribution in [0.2, 0.25) is 0 Å². The van der Waals surface area contributed by atoms with E-state index in [2.05, 4.69) is 29.6 Å². The molecule has 3 aliphatic rings. The number of carbonyl (C=O) groups is 1. The summed E-state index contributed by atoms with van der Waals surface area (Å²) in [5.74, 6) is 3.43. The Bertz CT molecular complexity index is 1060. The van der Waals surface area contributed by atoms with Crippen molar-refractivity contribution >= 4 is 23.4 Å². The van der Waals surface area contributed by atoms with Crippen LogP contribution in [0.5, 0.6) is 11.5 Å². The Morgan fingerprint density at radius 1 is 0.909 bits per heavy atom. The molecule has 1 saturated heterocycles. The molecule has 2 aromatic carbocycles. The predicted molar refractivity (Wildman–Crippen MR) is 136 cm³/mol. The number of methoxy groups -OCH3 is 2. The number of nitrogens with one attached hydrogen (secondary N) is 1. The van der Waals surface area contributed by atoms with Gasteiger partial charge in [0.2, 0.25) is 5.91 Å². The average Bonchev–Trinajstić information content (AvgIpc) is 3.47. The highest BCUT2D eigenvalue weighted by Gasteiger charge is 2.27. The topological polar surface area (TPSA) is 50.8 Å². The van der Waals surface area contributed by atoms with E-state index in [-0.39, 0.29) is 5.91 Å². The molecule has 1 unspecified atom stereocenters. The van der Waals surface area contributed by atoms with Crippen molar-refractivity contribution in [3.05, 3.63) is 77.9 Å². The van der Waals surface area contributed by atoms with Crippen LogP contribution in [-0.4, -0.2) is 49.6 Å². The number of fused-ring (bicyclic) bond motifs is 1. The van der Waals surface area contributed by atoms with Crippen molar-refractivity contribution in [1.29, 1.82) is 0 Å². The first-order valence-corrected chi connectivity index (χ1v) is 12.3. The molecular weight excluding hydrogens is 432 g/mol. The lowest BCUT2D eigenvalue weighted by atomic mass is 10.0. The van der Waals surface area contributed by atoms with Crippen LogP contribution < -0.4 is 14.8 Å². The molecule has 0 bridgehead atoms. The van der Waals surface area contributed by atoms with Crippen LogP contribution in [0, 0.1) is 6.92 Å². The van der Waals surface area contributed by atoms with Crippen LogP contribution in [0.15, 0.2) is 66.7 Å². The number of aryl methyl sites for hydroxylation is 1. The number of hydrogen-bond donors (Lipinski definition) is 1. The zero-order valence-electron chi connectivity index (χ0n) is 19.3. The van der Waals surface area contributed by atoms with Crippen molar-refractivity contribution in [3.63, 3.8) is 0 Å². The summed E-state index contributed by atoms with van der Waals surface area (Å²) in [5, 5.41) is 3.40. The van der Waals surface area contributed by atoms with Crippen molar-refractivity contribution in [2.24, 2.45) is 0 Å². The van der Waals surface area contributed by atoms with E-state index in [1.54, 1.807) is 14.2 Å². The number of anilines is 1. The molecule has 0 spiro atoms. The Morgan fingerprint density at radius 3 is 2.00 bits per heavy atom. The van der Waals surface area contributed by atoms with E-state index in [1.165, 1.54) is 16.7 Å². The van der Waals surface area contributed by atoms with Crippen molar-refractivity contribution in [3.8, 4) is 22.6 Å². The third-order valence-electron chi connectivity index (χ3n) is 5.76. The number of amides is 1. The standard InChI is InChI=1S/C21H26N2O3S.C6H4/c1-15-4-6-16(7-5-15)20(21(24)23-8-10-27-11-9-23)22-17-12-18(25-2)14-19(13-17)26-3;1-2-5-4-6(5)3-1/h4-7,12-14,20,22H,8-11H2,1-3H3;1-4H. The minimum atomic E-state index is -0.453. The zero-order valence-corrected chi connectivity index (χ0v) is 20.2. The highest BCUT2D eigenvalue weighted by atomic mass is 32.2. The number of rotatable bonds is 6. The maximum Gasteiger partial charge on any atom is 0.249 e. The summed E-state index contributed by atoms with van der Waals surface area (Å²) in [6, 6.07) is 21.7. The maximum absolute atomic E-state index is 13.3. The first-order valence-electron chi connectivity index (χ1n) is 11.1. The number of hydrogen-bond acceptors (Lipinski definition) is 5. The largest absolute Gasteiger partial charge is 0.497 e. The molecule has 1 N–H and O–H groups in total. The van der Waals surface area contributed by atoms with E-state index >= 15 is 0 Å². The summed E-state index contributed by atoms with van der Waals surface area (Å²) in [6.07, 6.45) is 0. The van der Waals surface area contributed by atoms with Gasteiger partial charge in [-0.2, -0.15) is 11.8 Å². The fourth-order valence-corrected chi connectivity index (χ4v) is 4.65. The molecule has 5 nitrogen and oxygen atoms in total. The molecule has 33 heavy (non-hydrogen) atoms. The summed E-state index contributed by atoms with van der Waals surface area (Å²) in [7, 11) is 3.24. The van der Waals surface area contributed by atoms with Gasteiger partial charge in [-0.15, -0.1) is 0 Å². The van der Waals surface area contributed by atoms with E-state index in [0.717, 1.165) is 35.8 Å². The zero-order chi connectivity index (χ0) is 23.2. The molecule has 1 fully saturated rings. The first-order chi connectivity index (χ1) is 16.1. The maximum atomic E-state index is 13.3. The Labute approximate surface area is 200 Å². The fraction of sp³-hybridized carbons (Fsp3) is 0.296. The van der Waals surface area contributed by atoms with Crippen LogP contribution >= 0.6 is 11.8 Å². The van der Waals surface area contributed by atoms with Crippen LogP contribution in [0.3, 0.4) is 0 Å². The number of thioether (sulfide) groups is 1. The molecule has 5 rings (SSSR count). The molecule has 6 heteroatoms. The molecule has 1 aliphatic heterocycles. The quantitative estimate of drug-likeness (QED) is 0.415. The van der Waals surface area contributed by atoms with Crippen LogP contribution in [0.1, 0.15) is 17.2 Å². The average molecular weight is 463 g/mol. The molecule has 2 aliphatic carbocycles. The third-order valence-corrected chi connectivity index (χ3v) is 6.70. The number of ether oxygens (including phenoxy) is 2. The van der Waals surface area contributed by atoms with Gasteiger partial charge in [-0.25, -0.2) is 0 Å². The molecule has 1 heterocycles. The van der Waals surface area contributed by atoms with Gasteiger partial charge in [0.05, 0.1) is 14.2 Å². The van der Waals surface area contributed by atoms with Crippen molar-refractivity contribution in [2.75, 3.05) is 44.1 Å². The SMILES string of the molecule is COc1cc(NC(C(=O)N2CCSCC2)c2ccc(C)cc2)cc(OC)c1.c1cc2cc-2c1. The summed E-state index contributed by atoms with van der Waals surface area (Å²) < 4.78 is 10.7. The van der Waals surface area contributed by atoms with Crippen LogP contribution in [-0.2, 0) is 4.79 Å². The fourth-order valence-electron chi connectivity index (χ4n) is 3.75. The van der Waals surface area contributed by atoms with E-state index in [9.17, 15) is 4.79 Å². The Kier molecular flexibility index (Phi) is 7.45. The van der Waals surface area contributed by atoms with Crippen molar-refractivity contribution < 1.29 is 14.3 Å². The molecule has 0 aromatic heterocycles. The molecular formula is C27H30N2O3S. The lowest BCUT2D eigenvalue weighted by molar-refractivity contribution is -0.131. The second-order valence-electron chi connectivity index (χ2n) is 8.11. The lowest BCUT2D eigenvalue weighted by Crippen LogP contribution is -2.42. The van der Waals surface area contributed by atoms with E-state index in [0.29, 0.717) is 11.5 Å². The number of carbonyl (C=O) groups excluding carboxylic acids is 1. The van der Waals surface area contributed by atoms with Crippen LogP contribution in [0.4, 0.5) is 5.69 Å². The highest BCUT2D eigenvalue weighted by Crippen LogP contribution is 2.33. The Balaban J connectivity index is 0.000000367. The minimum absolute atomic E-state index is 0.0981. The summed E-state index contributed by atoms with van der Waals surface area (Å²) in [6.45, 7) is 3.62. The van der Waals surface area contributed by atoms with E-state index in [4.69, 9.17) is 9.47 Å². The van der Waals surface area contributed by atoms with Gasteiger partial charge in [-0.1, -0.05) is 48.0 Å². The third kappa shape index (κ3) is 6.02. The van der Waals surface area contributed by atoms with Gasteiger partial charge in [-0.3, -0.25) is 4.79 Å². The Hall–Kier alpha value is -3.12. The second kappa shape index (κ2) is 10.7. The highest BCUT2D eigenvalue weighted by molar-refractivity contribution is 7.99. The predicted octanol–water partition coefficient (Wildman–Crippen LogP) is 5.41. The normalized spacial score (nSPS) is 14.5. The van der Waals surface area contributed by atoms with Gasteiger partial charge < -0.3 is 19.7 Å². The lowest BCUT2D eigenvalue weighted by Gasteiger charge is -2.31. The van der Waals surface area contributed by atoms with Gasteiger partial charge in [0.15, 0.2) is 0 Å². The molecule has 172 valence electrons. The first kappa shape index (κ1) is 23.1. The summed E-state index contributed by atoms with van der Waals surface area (Å²) in [5.41, 5.74) is 5.76. The minimum Gasteiger partial charge on any atom is -0.497 e. The van der Waals surface area contributed by atoms with E-state index < -0.39 is 6.04 Å². The molecule has 2 aromatic rings. The van der Waals surface area contributed by atoms with Gasteiger partial charge in [-0.05, 0) is 29.7 Å². The molecule has 0 radical (unpaired) electrons. The van der Waals surface area contributed by atoms with Gasteiger partial charge in [0.25, 0.3) is 0 Å². The molecule has 1 atom stereocenters. The van der Waals surface area contributed by atoms with Gasteiger partial charge >= 0.3 is 0 Å². The molecule has 1 amide bonds. The van der Waals surface area contributed by atoms with Gasteiger partial charge in [0, 0.05) is 48.5 Å². The Morgan fingerprint density at radius 2 is 1.52 bits per heavy atom. The number of benzene rings is 3. The van der Waals surface area contributed by atoms with Gasteiger partial charge in [0.1, 0.15) is 17.5 Å². The smallest absolute Gasteiger partial charge is 0.249 e.